The largest absolute Gasteiger partial charge is 0.490 e. The Morgan fingerprint density at radius 1 is 1.15 bits per heavy atom. The number of nitrogens with zero attached hydrogens (tertiary/aromatic N) is 1. The maximum absolute atomic E-state index is 12.3. The molecule has 0 radical (unpaired) electrons. The zero-order chi connectivity index (χ0) is 15.2. The summed E-state index contributed by atoms with van der Waals surface area (Å²) in [4.78, 5) is 0.167. The van der Waals surface area contributed by atoms with Gasteiger partial charge >= 0.3 is 0 Å². The number of ether oxygens (including phenoxy) is 2. The number of hydrogen-bond donors (Lipinski definition) is 1. The van der Waals surface area contributed by atoms with E-state index < -0.39 is 10.0 Å². The fraction of sp³-hybridized carbons (Fsp3) is 0.538. The van der Waals surface area contributed by atoms with E-state index in [0.717, 1.165) is 0 Å². The van der Waals surface area contributed by atoms with Crippen molar-refractivity contribution in [2.45, 2.75) is 18.7 Å². The molecule has 0 aromatic heterocycles. The molecule has 0 spiro atoms. The Balaban J connectivity index is 3.16. The van der Waals surface area contributed by atoms with Crippen LogP contribution in [0.4, 0.5) is 0 Å². The monoisotopic (exact) mass is 302 g/mol. The minimum atomic E-state index is -3.56. The van der Waals surface area contributed by atoms with Crippen molar-refractivity contribution >= 4 is 10.0 Å². The Bertz CT molecular complexity index is 531. The predicted octanol–water partition coefficient (Wildman–Crippen LogP) is 1.06. The molecule has 6 nitrogen and oxygen atoms in total. The zero-order valence-corrected chi connectivity index (χ0v) is 12.9. The highest BCUT2D eigenvalue weighted by Crippen LogP contribution is 2.31. The average Bonchev–Trinajstić information content (AvgIpc) is 2.41. The molecule has 7 heteroatoms. The standard InChI is InChI=1S/C13H22N2O4S/c1-4-18-12-7-6-11(10-13(12)19-5-2)20(16,17)15(3)9-8-14/h6-7,10H,4-5,8-9,14H2,1-3H3. The van der Waals surface area contributed by atoms with Gasteiger partial charge in [0.05, 0.1) is 18.1 Å². The summed E-state index contributed by atoms with van der Waals surface area (Å²) in [6.07, 6.45) is 0. The number of sulfonamides is 1. The molecule has 0 aliphatic rings. The summed E-state index contributed by atoms with van der Waals surface area (Å²) >= 11 is 0. The molecule has 0 amide bonds. The lowest BCUT2D eigenvalue weighted by Crippen LogP contribution is -2.31. The maximum atomic E-state index is 12.3. The highest BCUT2D eigenvalue weighted by atomic mass is 32.2. The van der Waals surface area contributed by atoms with Crippen LogP contribution in [0.1, 0.15) is 13.8 Å². The van der Waals surface area contributed by atoms with Gasteiger partial charge in [-0.15, -0.1) is 0 Å². The summed E-state index contributed by atoms with van der Waals surface area (Å²) in [5, 5.41) is 0. The Kier molecular flexibility index (Phi) is 6.25. The fourth-order valence-corrected chi connectivity index (χ4v) is 2.88. The smallest absolute Gasteiger partial charge is 0.242 e. The minimum Gasteiger partial charge on any atom is -0.490 e. The van der Waals surface area contributed by atoms with E-state index in [-0.39, 0.29) is 18.0 Å². The van der Waals surface area contributed by atoms with Crippen LogP contribution in [-0.2, 0) is 10.0 Å². The molecule has 0 atom stereocenters. The predicted molar refractivity (Wildman–Crippen MR) is 77.7 cm³/mol. The Hall–Kier alpha value is -1.31. The molecule has 20 heavy (non-hydrogen) atoms. The third-order valence-electron chi connectivity index (χ3n) is 2.67. The van der Waals surface area contributed by atoms with Crippen molar-refractivity contribution in [1.82, 2.24) is 4.31 Å². The number of benzene rings is 1. The molecule has 0 aliphatic heterocycles. The van der Waals surface area contributed by atoms with Gasteiger partial charge in [0, 0.05) is 26.2 Å². The molecule has 2 N–H and O–H groups in total. The number of hydrogen-bond acceptors (Lipinski definition) is 5. The molecule has 114 valence electrons. The van der Waals surface area contributed by atoms with Crippen LogP contribution >= 0.6 is 0 Å². The molecule has 0 heterocycles. The van der Waals surface area contributed by atoms with E-state index in [0.29, 0.717) is 24.7 Å². The van der Waals surface area contributed by atoms with Crippen LogP contribution in [0.2, 0.25) is 0 Å². The van der Waals surface area contributed by atoms with Gasteiger partial charge in [0.25, 0.3) is 0 Å². The zero-order valence-electron chi connectivity index (χ0n) is 12.1. The lowest BCUT2D eigenvalue weighted by molar-refractivity contribution is 0.287. The Morgan fingerprint density at radius 3 is 2.30 bits per heavy atom. The van der Waals surface area contributed by atoms with Crippen LogP contribution in [0.15, 0.2) is 23.1 Å². The Labute approximate surface area is 120 Å². The van der Waals surface area contributed by atoms with E-state index in [2.05, 4.69) is 0 Å². The highest BCUT2D eigenvalue weighted by molar-refractivity contribution is 7.89. The molecule has 1 aromatic rings. The fourth-order valence-electron chi connectivity index (χ4n) is 1.67. The van der Waals surface area contributed by atoms with Crippen molar-refractivity contribution in [2.24, 2.45) is 5.73 Å². The van der Waals surface area contributed by atoms with Crippen molar-refractivity contribution in [3.63, 3.8) is 0 Å². The van der Waals surface area contributed by atoms with Crippen LogP contribution in [0.25, 0.3) is 0 Å². The molecular weight excluding hydrogens is 280 g/mol. The van der Waals surface area contributed by atoms with E-state index in [9.17, 15) is 8.42 Å². The van der Waals surface area contributed by atoms with Gasteiger partial charge in [-0.2, -0.15) is 4.31 Å². The van der Waals surface area contributed by atoms with E-state index in [1.165, 1.54) is 23.5 Å². The van der Waals surface area contributed by atoms with Gasteiger partial charge < -0.3 is 15.2 Å². The van der Waals surface area contributed by atoms with Gasteiger partial charge in [-0.25, -0.2) is 8.42 Å². The molecular formula is C13H22N2O4S. The lowest BCUT2D eigenvalue weighted by Gasteiger charge is -2.18. The number of nitrogens with two attached hydrogens (primary N) is 1. The van der Waals surface area contributed by atoms with E-state index >= 15 is 0 Å². The first-order chi connectivity index (χ1) is 9.47. The SMILES string of the molecule is CCOc1ccc(S(=O)(=O)N(C)CCN)cc1OCC. The van der Waals surface area contributed by atoms with Gasteiger partial charge in [0.2, 0.25) is 10.0 Å². The summed E-state index contributed by atoms with van der Waals surface area (Å²) in [7, 11) is -2.06. The van der Waals surface area contributed by atoms with Crippen molar-refractivity contribution in [1.29, 1.82) is 0 Å². The normalized spacial score (nSPS) is 11.7. The van der Waals surface area contributed by atoms with Gasteiger partial charge in [-0.3, -0.25) is 0 Å². The second kappa shape index (κ2) is 7.47. The van der Waals surface area contributed by atoms with Crippen LogP contribution < -0.4 is 15.2 Å². The lowest BCUT2D eigenvalue weighted by atomic mass is 10.3. The molecule has 0 saturated carbocycles. The topological polar surface area (TPSA) is 81.9 Å². The molecule has 1 aromatic carbocycles. The second-order valence-corrected chi connectivity index (χ2v) is 6.13. The minimum absolute atomic E-state index is 0.167. The van der Waals surface area contributed by atoms with Gasteiger partial charge in [0.1, 0.15) is 0 Å². The highest BCUT2D eigenvalue weighted by Gasteiger charge is 2.22. The van der Waals surface area contributed by atoms with E-state index in [1.54, 1.807) is 6.07 Å². The van der Waals surface area contributed by atoms with Crippen LogP contribution in [0, 0.1) is 0 Å². The van der Waals surface area contributed by atoms with Gasteiger partial charge in [-0.1, -0.05) is 0 Å². The first-order valence-corrected chi connectivity index (χ1v) is 7.97. The van der Waals surface area contributed by atoms with E-state index in [4.69, 9.17) is 15.2 Å². The van der Waals surface area contributed by atoms with Gasteiger partial charge in [0.15, 0.2) is 11.5 Å². The van der Waals surface area contributed by atoms with Crippen LogP contribution in [0.3, 0.4) is 0 Å². The summed E-state index contributed by atoms with van der Waals surface area (Å²) in [6.45, 7) is 5.14. The quantitative estimate of drug-likeness (QED) is 0.776. The third kappa shape index (κ3) is 3.84. The van der Waals surface area contributed by atoms with E-state index in [1.807, 2.05) is 13.8 Å². The van der Waals surface area contributed by atoms with Crippen molar-refractivity contribution < 1.29 is 17.9 Å². The number of likely N-dealkylation sites (N-methyl/N-ethyl adjacent to an activating group) is 1. The maximum Gasteiger partial charge on any atom is 0.242 e. The molecule has 0 saturated heterocycles. The summed E-state index contributed by atoms with van der Waals surface area (Å²) in [5.74, 6) is 0.964. The van der Waals surface area contributed by atoms with Crippen molar-refractivity contribution in [3.05, 3.63) is 18.2 Å². The third-order valence-corrected chi connectivity index (χ3v) is 4.52. The summed E-state index contributed by atoms with van der Waals surface area (Å²) in [5.41, 5.74) is 5.39. The second-order valence-electron chi connectivity index (χ2n) is 4.09. The first-order valence-electron chi connectivity index (χ1n) is 6.53. The summed E-state index contributed by atoms with van der Waals surface area (Å²) < 4.78 is 36.7. The summed E-state index contributed by atoms with van der Waals surface area (Å²) in [6, 6.07) is 4.60. The van der Waals surface area contributed by atoms with Crippen LogP contribution in [-0.4, -0.2) is 46.1 Å². The average molecular weight is 302 g/mol. The molecule has 0 fully saturated rings. The first kappa shape index (κ1) is 16.7. The Morgan fingerprint density at radius 2 is 1.75 bits per heavy atom. The number of rotatable bonds is 8. The molecule has 0 unspecified atom stereocenters. The molecule has 1 rings (SSSR count). The molecule has 0 bridgehead atoms. The van der Waals surface area contributed by atoms with Gasteiger partial charge in [-0.05, 0) is 26.0 Å². The van der Waals surface area contributed by atoms with Crippen molar-refractivity contribution in [2.75, 3.05) is 33.4 Å². The van der Waals surface area contributed by atoms with Crippen LogP contribution in [0.5, 0.6) is 11.5 Å². The van der Waals surface area contributed by atoms with Crippen molar-refractivity contribution in [3.8, 4) is 11.5 Å². The molecule has 0 aliphatic carbocycles.